The zero-order chi connectivity index (χ0) is 9.42. The number of pyridine rings is 1. The number of carboxylic acid groups (broad SMARTS) is 1. The van der Waals surface area contributed by atoms with Crippen LogP contribution in [0.1, 0.15) is 16.2 Å². The van der Waals surface area contributed by atoms with Gasteiger partial charge in [-0.1, -0.05) is 5.16 Å². The van der Waals surface area contributed by atoms with Crippen molar-refractivity contribution in [3.63, 3.8) is 0 Å². The molecule has 2 aromatic heterocycles. The first-order chi connectivity index (χ1) is 6.18. The molecule has 0 aliphatic carbocycles. The van der Waals surface area contributed by atoms with E-state index in [1.165, 1.54) is 6.07 Å². The molecule has 0 fully saturated rings. The molecule has 0 amide bonds. The Morgan fingerprint density at radius 1 is 1.54 bits per heavy atom. The topological polar surface area (TPSA) is 76.2 Å². The third kappa shape index (κ3) is 1.14. The number of rotatable bonds is 1. The highest BCUT2D eigenvalue weighted by Crippen LogP contribution is 2.15. The van der Waals surface area contributed by atoms with E-state index in [0.29, 0.717) is 16.8 Å². The molecule has 0 aliphatic heterocycles. The third-order valence-electron chi connectivity index (χ3n) is 1.70. The van der Waals surface area contributed by atoms with E-state index in [0.717, 1.165) is 0 Å². The van der Waals surface area contributed by atoms with Crippen LogP contribution in [0.25, 0.3) is 11.1 Å². The number of hydrogen-bond acceptors (Lipinski definition) is 4. The fourth-order valence-electron chi connectivity index (χ4n) is 1.06. The zero-order valence-corrected chi connectivity index (χ0v) is 6.81. The first-order valence-electron chi connectivity index (χ1n) is 3.65. The zero-order valence-electron chi connectivity index (χ0n) is 6.81. The summed E-state index contributed by atoms with van der Waals surface area (Å²) in [6, 6.07) is 2.93. The maximum Gasteiger partial charge on any atom is 0.354 e. The molecule has 0 spiro atoms. The minimum atomic E-state index is -1.05. The van der Waals surface area contributed by atoms with Gasteiger partial charge in [0.1, 0.15) is 16.9 Å². The van der Waals surface area contributed by atoms with Crippen LogP contribution in [-0.2, 0) is 0 Å². The number of nitrogens with zero attached hydrogens (tertiary/aromatic N) is 2. The highest BCUT2D eigenvalue weighted by Gasteiger charge is 2.09. The minimum Gasteiger partial charge on any atom is -0.477 e. The minimum absolute atomic E-state index is 0.00111. The van der Waals surface area contributed by atoms with Crippen LogP contribution in [0.2, 0.25) is 0 Å². The molecule has 2 rings (SSSR count). The van der Waals surface area contributed by atoms with Gasteiger partial charge < -0.3 is 9.63 Å². The maximum absolute atomic E-state index is 10.6. The molecular weight excluding hydrogens is 172 g/mol. The molecule has 1 N–H and O–H groups in total. The van der Waals surface area contributed by atoms with Gasteiger partial charge in [0.2, 0.25) is 0 Å². The summed E-state index contributed by atoms with van der Waals surface area (Å²) in [4.78, 5) is 14.4. The predicted octanol–water partition coefficient (Wildman–Crippen LogP) is 1.23. The molecule has 2 aromatic rings. The lowest BCUT2D eigenvalue weighted by molar-refractivity contribution is 0.0691. The average Bonchev–Trinajstić information content (AvgIpc) is 2.47. The van der Waals surface area contributed by atoms with E-state index >= 15 is 0 Å². The smallest absolute Gasteiger partial charge is 0.354 e. The lowest BCUT2D eigenvalue weighted by atomic mass is 10.3. The number of hydrogen-bond donors (Lipinski definition) is 1. The Morgan fingerprint density at radius 3 is 3.00 bits per heavy atom. The molecule has 66 valence electrons. The summed E-state index contributed by atoms with van der Waals surface area (Å²) in [6.45, 7) is 1.71. The lowest BCUT2D eigenvalue weighted by Gasteiger charge is -1.91. The van der Waals surface area contributed by atoms with Gasteiger partial charge in [-0.2, -0.15) is 0 Å². The maximum atomic E-state index is 10.6. The Bertz CT molecular complexity index is 475. The molecule has 0 radical (unpaired) electrons. The summed E-state index contributed by atoms with van der Waals surface area (Å²) < 4.78 is 4.88. The van der Waals surface area contributed by atoms with Crippen LogP contribution >= 0.6 is 0 Å². The number of aryl methyl sites for hydroxylation is 1. The van der Waals surface area contributed by atoms with Gasteiger partial charge in [-0.3, -0.25) is 0 Å². The SMILES string of the molecule is Cc1noc2ccc(C(=O)O)nc12. The van der Waals surface area contributed by atoms with E-state index < -0.39 is 5.97 Å². The summed E-state index contributed by atoms with van der Waals surface area (Å²) in [5.41, 5.74) is 1.60. The van der Waals surface area contributed by atoms with Crippen molar-refractivity contribution in [3.05, 3.63) is 23.5 Å². The molecular formula is C8H6N2O3. The van der Waals surface area contributed by atoms with E-state index in [4.69, 9.17) is 9.63 Å². The standard InChI is InChI=1S/C8H6N2O3/c1-4-7-6(13-10-4)3-2-5(9-7)8(11)12/h2-3H,1H3,(H,11,12). The average molecular weight is 178 g/mol. The van der Waals surface area contributed by atoms with Gasteiger partial charge >= 0.3 is 5.97 Å². The van der Waals surface area contributed by atoms with E-state index in [1.54, 1.807) is 13.0 Å². The van der Waals surface area contributed by atoms with Gasteiger partial charge in [-0.05, 0) is 19.1 Å². The van der Waals surface area contributed by atoms with Gasteiger partial charge in [0, 0.05) is 0 Å². The first kappa shape index (κ1) is 7.72. The van der Waals surface area contributed by atoms with Crippen LogP contribution in [0, 0.1) is 6.92 Å². The van der Waals surface area contributed by atoms with Crippen molar-refractivity contribution in [3.8, 4) is 0 Å². The van der Waals surface area contributed by atoms with Crippen molar-refractivity contribution >= 4 is 17.1 Å². The van der Waals surface area contributed by atoms with Gasteiger partial charge in [0.15, 0.2) is 5.58 Å². The van der Waals surface area contributed by atoms with E-state index in [2.05, 4.69) is 10.1 Å². The highest BCUT2D eigenvalue weighted by atomic mass is 16.5. The molecule has 0 bridgehead atoms. The van der Waals surface area contributed by atoms with Gasteiger partial charge in [-0.15, -0.1) is 0 Å². The van der Waals surface area contributed by atoms with Crippen molar-refractivity contribution < 1.29 is 14.4 Å². The number of fused-ring (bicyclic) bond motifs is 1. The number of carbonyl (C=O) groups is 1. The molecule has 0 saturated heterocycles. The van der Waals surface area contributed by atoms with Crippen molar-refractivity contribution in [1.29, 1.82) is 0 Å². The van der Waals surface area contributed by atoms with E-state index in [9.17, 15) is 4.79 Å². The lowest BCUT2D eigenvalue weighted by Crippen LogP contribution is -1.99. The van der Waals surface area contributed by atoms with E-state index in [-0.39, 0.29) is 5.69 Å². The van der Waals surface area contributed by atoms with Crippen LogP contribution in [0.4, 0.5) is 0 Å². The normalized spacial score (nSPS) is 10.5. The second-order valence-electron chi connectivity index (χ2n) is 2.62. The van der Waals surface area contributed by atoms with Crippen molar-refractivity contribution in [1.82, 2.24) is 10.1 Å². The molecule has 13 heavy (non-hydrogen) atoms. The predicted molar refractivity (Wildman–Crippen MR) is 43.5 cm³/mol. The number of aromatic nitrogens is 2. The quantitative estimate of drug-likeness (QED) is 0.710. The Labute approximate surface area is 73.0 Å². The summed E-state index contributed by atoms with van der Waals surface area (Å²) >= 11 is 0. The van der Waals surface area contributed by atoms with Gasteiger partial charge in [0.05, 0.1) is 0 Å². The highest BCUT2D eigenvalue weighted by molar-refractivity contribution is 5.88. The van der Waals surface area contributed by atoms with Crippen molar-refractivity contribution in [2.75, 3.05) is 0 Å². The monoisotopic (exact) mass is 178 g/mol. The largest absolute Gasteiger partial charge is 0.477 e. The molecule has 0 aliphatic rings. The molecule has 0 saturated carbocycles. The van der Waals surface area contributed by atoms with Crippen molar-refractivity contribution in [2.45, 2.75) is 6.92 Å². The van der Waals surface area contributed by atoms with Crippen LogP contribution < -0.4 is 0 Å². The second-order valence-corrected chi connectivity index (χ2v) is 2.62. The Balaban J connectivity index is 2.72. The summed E-state index contributed by atoms with van der Waals surface area (Å²) in [7, 11) is 0. The van der Waals surface area contributed by atoms with Gasteiger partial charge in [0.25, 0.3) is 0 Å². The number of aromatic carboxylic acids is 1. The first-order valence-corrected chi connectivity index (χ1v) is 3.65. The molecule has 5 nitrogen and oxygen atoms in total. The fourth-order valence-corrected chi connectivity index (χ4v) is 1.06. The Hall–Kier alpha value is -1.91. The molecule has 5 heteroatoms. The van der Waals surface area contributed by atoms with Crippen LogP contribution in [0.5, 0.6) is 0 Å². The Morgan fingerprint density at radius 2 is 2.31 bits per heavy atom. The van der Waals surface area contributed by atoms with E-state index in [1.807, 2.05) is 0 Å². The third-order valence-corrected chi connectivity index (χ3v) is 1.70. The molecule has 0 atom stereocenters. The molecule has 2 heterocycles. The van der Waals surface area contributed by atoms with Crippen LogP contribution in [0.15, 0.2) is 16.7 Å². The summed E-state index contributed by atoms with van der Waals surface area (Å²) in [6.07, 6.45) is 0. The Kier molecular flexibility index (Phi) is 1.51. The number of carboxylic acids is 1. The van der Waals surface area contributed by atoms with Crippen LogP contribution in [0.3, 0.4) is 0 Å². The molecule has 0 aromatic carbocycles. The fraction of sp³-hybridized carbons (Fsp3) is 0.125. The summed E-state index contributed by atoms with van der Waals surface area (Å²) in [5, 5.41) is 12.3. The summed E-state index contributed by atoms with van der Waals surface area (Å²) in [5.74, 6) is -1.05. The van der Waals surface area contributed by atoms with Crippen LogP contribution in [-0.4, -0.2) is 21.2 Å². The van der Waals surface area contributed by atoms with Crippen molar-refractivity contribution in [2.24, 2.45) is 0 Å². The van der Waals surface area contributed by atoms with Gasteiger partial charge in [-0.25, -0.2) is 9.78 Å². The molecule has 0 unspecified atom stereocenters. The second kappa shape index (κ2) is 2.55.